The average molecular weight is 444 g/mol. The monoisotopic (exact) mass is 443 g/mol. The van der Waals surface area contributed by atoms with Gasteiger partial charge in [0.25, 0.3) is 0 Å². The molecule has 1 aromatic carbocycles. The molecule has 3 atom stereocenters. The summed E-state index contributed by atoms with van der Waals surface area (Å²) in [4.78, 5) is 21.7. The lowest BCUT2D eigenvalue weighted by Gasteiger charge is -2.26. The SMILES string of the molecule is C=C(/C(=C\C)c1ccc(-c2cnc(C3CCCN3C=O)[nH]2)c2c1C1CCC2C1)C(CC)CC. The summed E-state index contributed by atoms with van der Waals surface area (Å²) in [5.74, 6) is 2.76. The first-order valence-electron chi connectivity index (χ1n) is 12.9. The lowest BCUT2D eigenvalue weighted by atomic mass is 9.78. The van der Waals surface area contributed by atoms with Crippen molar-refractivity contribution in [3.63, 3.8) is 0 Å². The van der Waals surface area contributed by atoms with Crippen molar-refractivity contribution in [1.29, 1.82) is 0 Å². The third-order valence-electron chi connectivity index (χ3n) is 8.57. The number of imidazole rings is 1. The van der Waals surface area contributed by atoms with Crippen LogP contribution in [0.3, 0.4) is 0 Å². The molecule has 4 nitrogen and oxygen atoms in total. The minimum Gasteiger partial charge on any atom is -0.340 e. The van der Waals surface area contributed by atoms with Crippen LogP contribution in [0, 0.1) is 5.92 Å². The van der Waals surface area contributed by atoms with E-state index in [1.54, 1.807) is 5.56 Å². The van der Waals surface area contributed by atoms with Crippen molar-refractivity contribution < 1.29 is 4.79 Å². The van der Waals surface area contributed by atoms with Crippen molar-refractivity contribution in [3.8, 4) is 11.3 Å². The van der Waals surface area contributed by atoms with Gasteiger partial charge in [-0.2, -0.15) is 0 Å². The molecule has 1 amide bonds. The molecule has 174 valence electrons. The molecule has 33 heavy (non-hydrogen) atoms. The van der Waals surface area contributed by atoms with Crippen LogP contribution in [0.15, 0.2) is 36.6 Å². The van der Waals surface area contributed by atoms with Crippen molar-refractivity contribution in [2.45, 2.75) is 83.6 Å². The topological polar surface area (TPSA) is 49.0 Å². The normalized spacial score (nSPS) is 24.1. The Morgan fingerprint density at radius 3 is 2.67 bits per heavy atom. The fourth-order valence-corrected chi connectivity index (χ4v) is 6.86. The van der Waals surface area contributed by atoms with Crippen LogP contribution < -0.4 is 0 Å². The van der Waals surface area contributed by atoms with E-state index < -0.39 is 0 Å². The maximum absolute atomic E-state index is 11.5. The number of carbonyl (C=O) groups is 1. The Hall–Kier alpha value is -2.62. The Balaban J connectivity index is 1.56. The van der Waals surface area contributed by atoms with Gasteiger partial charge in [-0.15, -0.1) is 0 Å². The van der Waals surface area contributed by atoms with Gasteiger partial charge in [-0.05, 0) is 97.5 Å². The molecule has 1 N–H and O–H groups in total. The van der Waals surface area contributed by atoms with Crippen molar-refractivity contribution in [2.24, 2.45) is 5.92 Å². The number of amides is 1. The lowest BCUT2D eigenvalue weighted by molar-refractivity contribution is -0.119. The summed E-state index contributed by atoms with van der Waals surface area (Å²) in [7, 11) is 0. The highest BCUT2D eigenvalue weighted by Gasteiger charge is 2.41. The van der Waals surface area contributed by atoms with Gasteiger partial charge in [0.1, 0.15) is 5.82 Å². The second-order valence-corrected chi connectivity index (χ2v) is 10.1. The number of H-pyrrole nitrogens is 1. The zero-order chi connectivity index (χ0) is 23.1. The van der Waals surface area contributed by atoms with Crippen LogP contribution in [0.1, 0.15) is 106 Å². The molecule has 0 radical (unpaired) electrons. The second-order valence-electron chi connectivity index (χ2n) is 10.1. The first-order chi connectivity index (χ1) is 16.1. The van der Waals surface area contributed by atoms with E-state index in [1.165, 1.54) is 47.1 Å². The molecule has 3 aliphatic rings. The van der Waals surface area contributed by atoms with Crippen molar-refractivity contribution in [2.75, 3.05) is 6.54 Å². The predicted octanol–water partition coefficient (Wildman–Crippen LogP) is 7.13. The molecular formula is C29H37N3O. The zero-order valence-corrected chi connectivity index (χ0v) is 20.4. The molecule has 3 unspecified atom stereocenters. The van der Waals surface area contributed by atoms with Gasteiger partial charge in [0, 0.05) is 12.1 Å². The molecular weight excluding hydrogens is 406 g/mol. The van der Waals surface area contributed by atoms with Crippen molar-refractivity contribution >= 4 is 12.0 Å². The van der Waals surface area contributed by atoms with Crippen LogP contribution in [-0.2, 0) is 4.79 Å². The number of nitrogens with zero attached hydrogens (tertiary/aromatic N) is 2. The minimum atomic E-state index is 0.0815. The number of likely N-dealkylation sites (tertiary alicyclic amines) is 1. The molecule has 1 aliphatic heterocycles. The van der Waals surface area contributed by atoms with Gasteiger partial charge in [-0.1, -0.05) is 38.6 Å². The van der Waals surface area contributed by atoms with Crippen LogP contribution in [0.4, 0.5) is 0 Å². The minimum absolute atomic E-state index is 0.0815. The van der Waals surface area contributed by atoms with Gasteiger partial charge in [0.15, 0.2) is 0 Å². The fourth-order valence-electron chi connectivity index (χ4n) is 6.86. The van der Waals surface area contributed by atoms with Gasteiger partial charge in [-0.25, -0.2) is 4.98 Å². The Labute approximate surface area is 198 Å². The molecule has 4 heteroatoms. The number of hydrogen-bond donors (Lipinski definition) is 1. The number of allylic oxidation sites excluding steroid dienone is 3. The number of carbonyl (C=O) groups excluding carboxylic acids is 1. The van der Waals surface area contributed by atoms with Gasteiger partial charge < -0.3 is 9.88 Å². The number of benzene rings is 1. The zero-order valence-electron chi connectivity index (χ0n) is 20.4. The summed E-state index contributed by atoms with van der Waals surface area (Å²) in [6, 6.07) is 4.73. The lowest BCUT2D eigenvalue weighted by Crippen LogP contribution is -2.21. The largest absolute Gasteiger partial charge is 0.340 e. The first kappa shape index (κ1) is 22.2. The summed E-state index contributed by atoms with van der Waals surface area (Å²) in [6.07, 6.45) is 13.4. The van der Waals surface area contributed by atoms with Crippen LogP contribution in [-0.4, -0.2) is 27.8 Å². The van der Waals surface area contributed by atoms with Crippen LogP contribution in [0.25, 0.3) is 16.8 Å². The van der Waals surface area contributed by atoms with E-state index in [9.17, 15) is 4.79 Å². The number of fused-ring (bicyclic) bond motifs is 5. The Morgan fingerprint density at radius 2 is 1.97 bits per heavy atom. The van der Waals surface area contributed by atoms with Gasteiger partial charge in [0.05, 0.1) is 17.9 Å². The maximum Gasteiger partial charge on any atom is 0.210 e. The maximum atomic E-state index is 11.5. The van der Waals surface area contributed by atoms with E-state index in [-0.39, 0.29) is 6.04 Å². The van der Waals surface area contributed by atoms with Gasteiger partial charge >= 0.3 is 0 Å². The Bertz CT molecular complexity index is 1090. The van der Waals surface area contributed by atoms with Crippen molar-refractivity contribution in [3.05, 3.63) is 59.1 Å². The molecule has 1 aromatic heterocycles. The van der Waals surface area contributed by atoms with Crippen LogP contribution >= 0.6 is 0 Å². The summed E-state index contributed by atoms with van der Waals surface area (Å²) < 4.78 is 0. The highest BCUT2D eigenvalue weighted by Crippen LogP contribution is 2.58. The van der Waals surface area contributed by atoms with Crippen LogP contribution in [0.2, 0.25) is 0 Å². The standard InChI is InChI=1S/C29H37N3O/c1-5-19(6-2)18(4)22(7-3)23-12-13-24(28-21-11-10-20(15-21)27(23)28)25-16-30-29(31-25)26-9-8-14-32(26)17-33/h7,12-13,16-17,19-21,26H,4-6,8-11,14-15H2,1-3H3,(H,30,31)/b22-7+. The summed E-state index contributed by atoms with van der Waals surface area (Å²) in [6.45, 7) is 12.1. The number of rotatable bonds is 8. The highest BCUT2D eigenvalue weighted by molar-refractivity contribution is 5.85. The quantitative estimate of drug-likeness (QED) is 0.348. The highest BCUT2D eigenvalue weighted by atomic mass is 16.1. The average Bonchev–Trinajstić information content (AvgIpc) is 3.64. The second kappa shape index (κ2) is 8.96. The predicted molar refractivity (Wildman–Crippen MR) is 135 cm³/mol. The van der Waals surface area contributed by atoms with Gasteiger partial charge in [0.2, 0.25) is 6.41 Å². The molecule has 0 spiro atoms. The van der Waals surface area contributed by atoms with Crippen molar-refractivity contribution in [1.82, 2.24) is 14.9 Å². The number of aromatic amines is 1. The molecule has 1 saturated heterocycles. The van der Waals surface area contributed by atoms with E-state index in [0.717, 1.165) is 50.2 Å². The third kappa shape index (κ3) is 3.59. The molecule has 2 fully saturated rings. The number of hydrogen-bond acceptors (Lipinski definition) is 2. The number of aromatic nitrogens is 2. The van der Waals surface area contributed by atoms with E-state index >= 15 is 0 Å². The molecule has 2 heterocycles. The third-order valence-corrected chi connectivity index (χ3v) is 8.57. The summed E-state index contributed by atoms with van der Waals surface area (Å²) in [5.41, 5.74) is 9.54. The van der Waals surface area contributed by atoms with E-state index in [0.29, 0.717) is 17.8 Å². The number of nitrogens with one attached hydrogen (secondary N) is 1. The van der Waals surface area contributed by atoms with Gasteiger partial charge in [-0.3, -0.25) is 4.79 Å². The van der Waals surface area contributed by atoms with E-state index in [2.05, 4.69) is 50.5 Å². The Morgan fingerprint density at radius 1 is 1.21 bits per heavy atom. The Kier molecular flexibility index (Phi) is 6.03. The fraction of sp³-hybridized carbons (Fsp3) is 0.517. The first-order valence-corrected chi connectivity index (χ1v) is 12.9. The summed E-state index contributed by atoms with van der Waals surface area (Å²) in [5, 5.41) is 0. The molecule has 5 rings (SSSR count). The molecule has 1 saturated carbocycles. The molecule has 2 aromatic rings. The molecule has 2 bridgehead atoms. The summed E-state index contributed by atoms with van der Waals surface area (Å²) >= 11 is 0. The molecule has 2 aliphatic carbocycles. The van der Waals surface area contributed by atoms with E-state index in [4.69, 9.17) is 4.98 Å². The van der Waals surface area contributed by atoms with E-state index in [1.807, 2.05) is 11.1 Å². The smallest absolute Gasteiger partial charge is 0.210 e. The van der Waals surface area contributed by atoms with Crippen LogP contribution in [0.5, 0.6) is 0 Å².